The molecule has 0 unspecified atom stereocenters. The van der Waals surface area contributed by atoms with E-state index in [2.05, 4.69) is 10.6 Å². The fourth-order valence-electron chi connectivity index (χ4n) is 2.84. The van der Waals surface area contributed by atoms with Crippen LogP contribution >= 0.6 is 0 Å². The molecule has 12 heteroatoms. The first-order valence-electron chi connectivity index (χ1n) is 10.1. The van der Waals surface area contributed by atoms with Crippen LogP contribution in [0.1, 0.15) is 24.0 Å². The fourth-order valence-corrected chi connectivity index (χ4v) is 2.84. The van der Waals surface area contributed by atoms with Gasteiger partial charge in [0.25, 0.3) is 0 Å². The Balaban J connectivity index is 1.82. The number of amides is 2. The van der Waals surface area contributed by atoms with Gasteiger partial charge >= 0.3 is 5.97 Å². The van der Waals surface area contributed by atoms with E-state index in [9.17, 15) is 50.1 Å². The highest BCUT2D eigenvalue weighted by Gasteiger charge is 2.18. The molecule has 0 bridgehead atoms. The second-order valence-corrected chi connectivity index (χ2v) is 7.31. The summed E-state index contributed by atoms with van der Waals surface area (Å²) < 4.78 is 0. The highest BCUT2D eigenvalue weighted by atomic mass is 16.4. The van der Waals surface area contributed by atoms with E-state index in [1.165, 1.54) is 12.2 Å². The number of aliphatic carboxylic acids is 1. The van der Waals surface area contributed by atoms with Crippen LogP contribution in [0, 0.1) is 0 Å². The third kappa shape index (κ3) is 7.89. The van der Waals surface area contributed by atoms with Crippen molar-refractivity contribution in [3.8, 4) is 34.5 Å². The third-order valence-electron chi connectivity index (χ3n) is 4.62. The van der Waals surface area contributed by atoms with Crippen molar-refractivity contribution in [2.75, 3.05) is 6.54 Å². The zero-order valence-corrected chi connectivity index (χ0v) is 18.2. The van der Waals surface area contributed by atoms with Gasteiger partial charge < -0.3 is 46.4 Å². The summed E-state index contributed by atoms with van der Waals surface area (Å²) in [4.78, 5) is 35.3. The number of rotatable bonds is 10. The molecule has 2 rings (SSSR count). The Morgan fingerprint density at radius 3 is 1.60 bits per heavy atom. The standard InChI is InChI=1S/C23H24N2O10/c26-15-8-12(9-16(27)21(15)32)3-5-19(30)24-7-1-2-14(23(34)35)25-20(31)6-4-13-10-17(28)22(33)18(29)11-13/h3-6,8-11,14,26-29,32-33H,1-2,7H2,(H,24,30)(H,25,31)(H,34,35)/b5-3+,6-4+/t14-/m0/s1. The van der Waals surface area contributed by atoms with Crippen LogP contribution in [0.4, 0.5) is 0 Å². The first kappa shape index (κ1) is 26.4. The zero-order chi connectivity index (χ0) is 26.1. The summed E-state index contributed by atoms with van der Waals surface area (Å²) in [6.45, 7) is 0.0941. The Kier molecular flexibility index (Phi) is 8.92. The van der Waals surface area contributed by atoms with Crippen molar-refractivity contribution in [2.24, 2.45) is 0 Å². The van der Waals surface area contributed by atoms with Crippen LogP contribution < -0.4 is 10.6 Å². The molecule has 1 atom stereocenters. The van der Waals surface area contributed by atoms with E-state index in [4.69, 9.17) is 0 Å². The number of phenols is 6. The Morgan fingerprint density at radius 2 is 1.17 bits per heavy atom. The van der Waals surface area contributed by atoms with E-state index in [0.29, 0.717) is 0 Å². The van der Waals surface area contributed by atoms with Crippen molar-refractivity contribution >= 4 is 29.9 Å². The van der Waals surface area contributed by atoms with E-state index in [0.717, 1.165) is 36.4 Å². The van der Waals surface area contributed by atoms with E-state index in [-0.39, 0.29) is 30.5 Å². The van der Waals surface area contributed by atoms with Crippen molar-refractivity contribution < 1.29 is 50.1 Å². The van der Waals surface area contributed by atoms with Crippen LogP contribution in [-0.2, 0) is 14.4 Å². The molecule has 35 heavy (non-hydrogen) atoms. The van der Waals surface area contributed by atoms with Gasteiger partial charge in [-0.05, 0) is 60.4 Å². The van der Waals surface area contributed by atoms with E-state index >= 15 is 0 Å². The SMILES string of the molecule is O=C(/C=C/c1cc(O)c(O)c(O)c1)NCCC[C@H](NC(=O)/C=C/c1cc(O)c(O)c(O)c1)C(=O)O. The van der Waals surface area contributed by atoms with Crippen LogP contribution in [0.3, 0.4) is 0 Å². The molecule has 9 N–H and O–H groups in total. The van der Waals surface area contributed by atoms with Crippen LogP contribution in [0.25, 0.3) is 12.2 Å². The number of benzene rings is 2. The molecule has 0 spiro atoms. The summed E-state index contributed by atoms with van der Waals surface area (Å²) in [5.74, 6) is -6.25. The third-order valence-corrected chi connectivity index (χ3v) is 4.62. The predicted molar refractivity (Wildman–Crippen MR) is 123 cm³/mol. The van der Waals surface area contributed by atoms with Gasteiger partial charge in [0.1, 0.15) is 6.04 Å². The Morgan fingerprint density at radius 1 is 0.743 bits per heavy atom. The molecule has 0 radical (unpaired) electrons. The summed E-state index contributed by atoms with van der Waals surface area (Å²) in [5.41, 5.74) is 0.445. The van der Waals surface area contributed by atoms with E-state index < -0.39 is 58.3 Å². The molecule has 0 aliphatic rings. The molecular weight excluding hydrogens is 464 g/mol. The van der Waals surface area contributed by atoms with Gasteiger partial charge in [-0.2, -0.15) is 0 Å². The lowest BCUT2D eigenvalue weighted by Crippen LogP contribution is -2.40. The Bertz CT molecular complexity index is 1130. The van der Waals surface area contributed by atoms with Gasteiger partial charge in [0.15, 0.2) is 34.5 Å². The topological polar surface area (TPSA) is 217 Å². The second kappa shape index (κ2) is 11.8. The number of carboxylic acids is 1. The second-order valence-electron chi connectivity index (χ2n) is 7.31. The molecule has 0 aromatic heterocycles. The molecule has 0 fully saturated rings. The summed E-state index contributed by atoms with van der Waals surface area (Å²) in [7, 11) is 0. The molecule has 2 amide bonds. The Labute approximate surface area is 198 Å². The van der Waals surface area contributed by atoms with Crippen LogP contribution in [0.15, 0.2) is 36.4 Å². The number of carbonyl (C=O) groups is 3. The maximum atomic E-state index is 12.0. The number of nitrogens with one attached hydrogen (secondary N) is 2. The highest BCUT2D eigenvalue weighted by molar-refractivity contribution is 5.94. The summed E-state index contributed by atoms with van der Waals surface area (Å²) in [5, 5.41) is 70.5. The predicted octanol–water partition coefficient (Wildman–Crippen LogP) is 1.11. The number of carboxylic acid groups (broad SMARTS) is 1. The van der Waals surface area contributed by atoms with Crippen molar-refractivity contribution in [1.29, 1.82) is 0 Å². The highest BCUT2D eigenvalue weighted by Crippen LogP contribution is 2.36. The molecular formula is C23H24N2O10. The van der Waals surface area contributed by atoms with Gasteiger partial charge in [0.2, 0.25) is 11.8 Å². The largest absolute Gasteiger partial charge is 0.504 e. The molecule has 2 aromatic carbocycles. The lowest BCUT2D eigenvalue weighted by molar-refractivity contribution is -0.141. The number of hydrogen-bond donors (Lipinski definition) is 9. The summed E-state index contributed by atoms with van der Waals surface area (Å²) in [6, 6.07) is 3.22. The van der Waals surface area contributed by atoms with Gasteiger partial charge in [-0.1, -0.05) is 0 Å². The zero-order valence-electron chi connectivity index (χ0n) is 18.2. The first-order valence-corrected chi connectivity index (χ1v) is 10.1. The number of carbonyl (C=O) groups excluding carboxylic acids is 2. The maximum absolute atomic E-state index is 12.0. The normalized spacial score (nSPS) is 12.0. The quantitative estimate of drug-likeness (QED) is 0.132. The molecule has 0 aliphatic heterocycles. The van der Waals surface area contributed by atoms with Crippen molar-refractivity contribution in [2.45, 2.75) is 18.9 Å². The average molecular weight is 488 g/mol. The van der Waals surface area contributed by atoms with Gasteiger partial charge in [-0.25, -0.2) is 4.79 Å². The molecule has 12 nitrogen and oxygen atoms in total. The smallest absolute Gasteiger partial charge is 0.326 e. The van der Waals surface area contributed by atoms with Crippen LogP contribution in [-0.4, -0.2) is 66.1 Å². The monoisotopic (exact) mass is 488 g/mol. The molecule has 0 heterocycles. The van der Waals surface area contributed by atoms with Gasteiger partial charge in [0, 0.05) is 18.7 Å². The summed E-state index contributed by atoms with van der Waals surface area (Å²) >= 11 is 0. The number of aromatic hydroxyl groups is 6. The molecule has 0 saturated heterocycles. The minimum atomic E-state index is -1.29. The van der Waals surface area contributed by atoms with Crippen molar-refractivity contribution in [1.82, 2.24) is 10.6 Å². The first-order chi connectivity index (χ1) is 16.5. The summed E-state index contributed by atoms with van der Waals surface area (Å²) in [6.07, 6.45) is 4.81. The number of phenolic OH excluding ortho intramolecular Hbond substituents is 6. The van der Waals surface area contributed by atoms with E-state index in [1.54, 1.807) is 0 Å². The van der Waals surface area contributed by atoms with Gasteiger partial charge in [0.05, 0.1) is 0 Å². The minimum absolute atomic E-state index is 0.000595. The molecule has 0 aliphatic carbocycles. The van der Waals surface area contributed by atoms with Crippen molar-refractivity contribution in [3.05, 3.63) is 47.5 Å². The maximum Gasteiger partial charge on any atom is 0.326 e. The lowest BCUT2D eigenvalue weighted by atomic mass is 10.1. The minimum Gasteiger partial charge on any atom is -0.504 e. The lowest BCUT2D eigenvalue weighted by Gasteiger charge is -2.13. The van der Waals surface area contributed by atoms with Gasteiger partial charge in [-0.15, -0.1) is 0 Å². The Hall–Kier alpha value is -4.87. The van der Waals surface area contributed by atoms with Crippen molar-refractivity contribution in [3.63, 3.8) is 0 Å². The van der Waals surface area contributed by atoms with E-state index in [1.807, 2.05) is 0 Å². The van der Waals surface area contributed by atoms with Gasteiger partial charge in [-0.3, -0.25) is 9.59 Å². The fraction of sp³-hybridized carbons (Fsp3) is 0.174. The van der Waals surface area contributed by atoms with Crippen LogP contribution in [0.5, 0.6) is 34.5 Å². The molecule has 186 valence electrons. The molecule has 2 aromatic rings. The average Bonchev–Trinajstić information content (AvgIpc) is 2.79. The molecule has 0 saturated carbocycles. The van der Waals surface area contributed by atoms with Crippen LogP contribution in [0.2, 0.25) is 0 Å². The number of hydrogen-bond acceptors (Lipinski definition) is 9.